The maximum absolute atomic E-state index is 11.1. The van der Waals surface area contributed by atoms with E-state index >= 15 is 0 Å². The first-order valence-electron chi connectivity index (χ1n) is 4.62. The van der Waals surface area contributed by atoms with Crippen molar-refractivity contribution < 1.29 is 4.79 Å². The van der Waals surface area contributed by atoms with Crippen molar-refractivity contribution in [2.75, 3.05) is 13.1 Å². The van der Waals surface area contributed by atoms with Gasteiger partial charge in [-0.1, -0.05) is 0 Å². The summed E-state index contributed by atoms with van der Waals surface area (Å²) in [5.74, 6) is 0.0314. The van der Waals surface area contributed by atoms with Gasteiger partial charge in [-0.25, -0.2) is 0 Å². The van der Waals surface area contributed by atoms with E-state index in [0.29, 0.717) is 13.1 Å². The Balaban J connectivity index is 2.28. The van der Waals surface area contributed by atoms with Crippen LogP contribution in [0.2, 0.25) is 0 Å². The third-order valence-electron chi connectivity index (χ3n) is 1.82. The van der Waals surface area contributed by atoms with Gasteiger partial charge in [-0.2, -0.15) is 0 Å². The quantitative estimate of drug-likeness (QED) is 0.765. The summed E-state index contributed by atoms with van der Waals surface area (Å²) in [6.07, 6.45) is 1.82. The Morgan fingerprint density at radius 3 is 3.07 bits per heavy atom. The number of amides is 1. The average Bonchev–Trinajstić information content (AvgIpc) is 2.67. The lowest BCUT2D eigenvalue weighted by atomic mass is 10.3. The molecule has 0 spiro atoms. The van der Waals surface area contributed by atoms with Crippen LogP contribution in [0.3, 0.4) is 0 Å². The standard InChI is InChI=1S/C9H15N3OS/c1-3-11-9(13)5-12-7(2)8-4-10-6-14-8/h4,6-7,12H,3,5H2,1-2H3,(H,11,13). The molecule has 14 heavy (non-hydrogen) atoms. The van der Waals surface area contributed by atoms with Gasteiger partial charge in [0, 0.05) is 23.7 Å². The van der Waals surface area contributed by atoms with E-state index < -0.39 is 0 Å². The van der Waals surface area contributed by atoms with Gasteiger partial charge in [0.2, 0.25) is 5.91 Å². The van der Waals surface area contributed by atoms with Crippen molar-refractivity contribution in [3.8, 4) is 0 Å². The monoisotopic (exact) mass is 213 g/mol. The second-order valence-corrected chi connectivity index (χ2v) is 3.88. The van der Waals surface area contributed by atoms with Crippen molar-refractivity contribution in [1.29, 1.82) is 0 Å². The molecule has 0 radical (unpaired) electrons. The fraction of sp³-hybridized carbons (Fsp3) is 0.556. The number of hydrogen-bond donors (Lipinski definition) is 2. The van der Waals surface area contributed by atoms with E-state index in [9.17, 15) is 4.79 Å². The highest BCUT2D eigenvalue weighted by molar-refractivity contribution is 7.09. The van der Waals surface area contributed by atoms with Crippen LogP contribution < -0.4 is 10.6 Å². The smallest absolute Gasteiger partial charge is 0.233 e. The molecule has 0 saturated heterocycles. The van der Waals surface area contributed by atoms with Crippen LogP contribution in [0.25, 0.3) is 0 Å². The zero-order valence-electron chi connectivity index (χ0n) is 8.41. The number of nitrogens with one attached hydrogen (secondary N) is 2. The summed E-state index contributed by atoms with van der Waals surface area (Å²) in [6, 6.07) is 0.185. The number of thiazole rings is 1. The molecular weight excluding hydrogens is 198 g/mol. The van der Waals surface area contributed by atoms with Gasteiger partial charge in [0.25, 0.3) is 0 Å². The zero-order valence-corrected chi connectivity index (χ0v) is 9.23. The molecule has 2 N–H and O–H groups in total. The Hall–Kier alpha value is -0.940. The molecule has 0 aliphatic carbocycles. The van der Waals surface area contributed by atoms with Crippen LogP contribution in [-0.4, -0.2) is 24.0 Å². The van der Waals surface area contributed by atoms with Crippen LogP contribution in [0.5, 0.6) is 0 Å². The first-order valence-corrected chi connectivity index (χ1v) is 5.50. The average molecular weight is 213 g/mol. The maximum atomic E-state index is 11.1. The summed E-state index contributed by atoms with van der Waals surface area (Å²) in [7, 11) is 0. The summed E-state index contributed by atoms with van der Waals surface area (Å²) >= 11 is 1.59. The fourth-order valence-corrected chi connectivity index (χ4v) is 1.70. The van der Waals surface area contributed by atoms with E-state index in [1.807, 2.05) is 20.0 Å². The second-order valence-electron chi connectivity index (χ2n) is 2.96. The van der Waals surface area contributed by atoms with Crippen molar-refractivity contribution in [2.45, 2.75) is 19.9 Å². The lowest BCUT2D eigenvalue weighted by molar-refractivity contribution is -0.120. The zero-order chi connectivity index (χ0) is 10.4. The highest BCUT2D eigenvalue weighted by Gasteiger charge is 2.07. The van der Waals surface area contributed by atoms with Gasteiger partial charge in [-0.15, -0.1) is 11.3 Å². The van der Waals surface area contributed by atoms with Crippen molar-refractivity contribution in [3.05, 3.63) is 16.6 Å². The molecule has 1 rings (SSSR count). The van der Waals surface area contributed by atoms with Crippen LogP contribution >= 0.6 is 11.3 Å². The van der Waals surface area contributed by atoms with Crippen LogP contribution in [-0.2, 0) is 4.79 Å². The number of carbonyl (C=O) groups is 1. The van der Waals surface area contributed by atoms with Crippen molar-refractivity contribution in [1.82, 2.24) is 15.6 Å². The Morgan fingerprint density at radius 1 is 1.71 bits per heavy atom. The predicted octanol–water partition coefficient (Wildman–Crippen LogP) is 0.930. The second kappa shape index (κ2) is 5.72. The van der Waals surface area contributed by atoms with Gasteiger partial charge in [-0.05, 0) is 13.8 Å². The van der Waals surface area contributed by atoms with E-state index in [0.717, 1.165) is 4.88 Å². The number of nitrogens with zero attached hydrogens (tertiary/aromatic N) is 1. The largest absolute Gasteiger partial charge is 0.355 e. The fourth-order valence-electron chi connectivity index (χ4n) is 1.05. The first kappa shape index (κ1) is 11.1. The molecular formula is C9H15N3OS. The minimum absolute atomic E-state index is 0.0314. The number of likely N-dealkylation sites (N-methyl/N-ethyl adjacent to an activating group) is 1. The number of hydrogen-bond acceptors (Lipinski definition) is 4. The molecule has 4 nitrogen and oxygen atoms in total. The molecule has 5 heteroatoms. The van der Waals surface area contributed by atoms with Crippen LogP contribution in [0.4, 0.5) is 0 Å². The Bertz CT molecular complexity index is 274. The lowest BCUT2D eigenvalue weighted by Gasteiger charge is -2.10. The molecule has 0 saturated carbocycles. The summed E-state index contributed by atoms with van der Waals surface area (Å²) < 4.78 is 0. The van der Waals surface area contributed by atoms with Crippen molar-refractivity contribution in [3.63, 3.8) is 0 Å². The molecule has 1 amide bonds. The van der Waals surface area contributed by atoms with Gasteiger partial charge in [0.1, 0.15) is 0 Å². The molecule has 0 bridgehead atoms. The SMILES string of the molecule is CCNC(=O)CNC(C)c1cncs1. The van der Waals surface area contributed by atoms with E-state index in [1.54, 1.807) is 16.8 Å². The van der Waals surface area contributed by atoms with E-state index in [-0.39, 0.29) is 11.9 Å². The molecule has 0 fully saturated rings. The van der Waals surface area contributed by atoms with Gasteiger partial charge < -0.3 is 10.6 Å². The normalized spacial score (nSPS) is 12.4. The topological polar surface area (TPSA) is 54.0 Å². The lowest BCUT2D eigenvalue weighted by Crippen LogP contribution is -2.34. The molecule has 1 heterocycles. The van der Waals surface area contributed by atoms with Gasteiger partial charge in [0.05, 0.1) is 12.1 Å². The van der Waals surface area contributed by atoms with Gasteiger partial charge in [-0.3, -0.25) is 9.78 Å². The summed E-state index contributed by atoms with van der Waals surface area (Å²) in [4.78, 5) is 16.3. The summed E-state index contributed by atoms with van der Waals surface area (Å²) in [5.41, 5.74) is 1.79. The first-order chi connectivity index (χ1) is 6.74. The molecule has 0 aromatic carbocycles. The van der Waals surface area contributed by atoms with Gasteiger partial charge >= 0.3 is 0 Å². The predicted molar refractivity (Wildman–Crippen MR) is 57.2 cm³/mol. The van der Waals surface area contributed by atoms with E-state index in [2.05, 4.69) is 15.6 Å². The molecule has 1 atom stereocenters. The summed E-state index contributed by atoms with van der Waals surface area (Å²) in [6.45, 7) is 4.96. The molecule has 1 unspecified atom stereocenters. The summed E-state index contributed by atoms with van der Waals surface area (Å²) in [5, 5.41) is 5.86. The van der Waals surface area contributed by atoms with Crippen LogP contribution in [0, 0.1) is 0 Å². The molecule has 78 valence electrons. The van der Waals surface area contributed by atoms with Gasteiger partial charge in [0.15, 0.2) is 0 Å². The minimum atomic E-state index is 0.0314. The highest BCUT2D eigenvalue weighted by atomic mass is 32.1. The molecule has 1 aromatic rings. The van der Waals surface area contributed by atoms with Crippen LogP contribution in [0.1, 0.15) is 24.8 Å². The Morgan fingerprint density at radius 2 is 2.50 bits per heavy atom. The minimum Gasteiger partial charge on any atom is -0.355 e. The third-order valence-corrected chi connectivity index (χ3v) is 2.78. The Kier molecular flexibility index (Phi) is 4.55. The van der Waals surface area contributed by atoms with E-state index in [4.69, 9.17) is 0 Å². The number of aromatic nitrogens is 1. The molecule has 0 aliphatic rings. The molecule has 1 aromatic heterocycles. The van der Waals surface area contributed by atoms with E-state index in [1.165, 1.54) is 0 Å². The maximum Gasteiger partial charge on any atom is 0.233 e. The highest BCUT2D eigenvalue weighted by Crippen LogP contribution is 2.15. The molecule has 0 aliphatic heterocycles. The van der Waals surface area contributed by atoms with Crippen LogP contribution in [0.15, 0.2) is 11.7 Å². The third kappa shape index (κ3) is 3.43. The van der Waals surface area contributed by atoms with Crippen molar-refractivity contribution >= 4 is 17.2 Å². The number of rotatable bonds is 5. The van der Waals surface area contributed by atoms with Crippen molar-refractivity contribution in [2.24, 2.45) is 0 Å². The Labute approximate surface area is 87.7 Å². The number of carbonyl (C=O) groups excluding carboxylic acids is 1.